The van der Waals surface area contributed by atoms with Crippen LogP contribution in [0.5, 0.6) is 0 Å². The maximum absolute atomic E-state index is 12.2. The normalized spacial score (nSPS) is 10.5. The topological polar surface area (TPSA) is 82.3 Å². The molecule has 0 aliphatic heterocycles. The smallest absolute Gasteiger partial charge is 0.339 e. The SMILES string of the molecule is NC(=O)COC(=O)c1cc(-c2cccs2)nc2ccccc12. The van der Waals surface area contributed by atoms with Crippen LogP contribution in [0, 0.1) is 0 Å². The third kappa shape index (κ3) is 2.82. The summed E-state index contributed by atoms with van der Waals surface area (Å²) in [6.45, 7) is -0.441. The highest BCUT2D eigenvalue weighted by atomic mass is 32.1. The fourth-order valence-corrected chi connectivity index (χ4v) is 2.80. The summed E-state index contributed by atoms with van der Waals surface area (Å²) in [4.78, 5) is 28.5. The zero-order valence-corrected chi connectivity index (χ0v) is 12.3. The van der Waals surface area contributed by atoms with Crippen LogP contribution in [0.3, 0.4) is 0 Å². The van der Waals surface area contributed by atoms with Crippen molar-refractivity contribution in [1.82, 2.24) is 4.98 Å². The Labute approximate surface area is 130 Å². The number of thiophene rings is 1. The lowest BCUT2D eigenvalue weighted by Gasteiger charge is -2.08. The van der Waals surface area contributed by atoms with Crippen molar-refractivity contribution in [2.75, 3.05) is 6.61 Å². The zero-order valence-electron chi connectivity index (χ0n) is 11.5. The minimum absolute atomic E-state index is 0.371. The van der Waals surface area contributed by atoms with Gasteiger partial charge in [0.05, 0.1) is 21.7 Å². The number of primary amides is 1. The molecule has 0 spiro atoms. The number of ether oxygens (including phenoxy) is 1. The van der Waals surface area contributed by atoms with Gasteiger partial charge in [-0.3, -0.25) is 4.79 Å². The van der Waals surface area contributed by atoms with Gasteiger partial charge < -0.3 is 10.5 Å². The quantitative estimate of drug-likeness (QED) is 0.751. The van der Waals surface area contributed by atoms with E-state index in [4.69, 9.17) is 10.5 Å². The fourth-order valence-electron chi connectivity index (χ4n) is 2.11. The number of esters is 1. The van der Waals surface area contributed by atoms with Gasteiger partial charge in [0.1, 0.15) is 0 Å². The van der Waals surface area contributed by atoms with Crippen LogP contribution in [0.4, 0.5) is 0 Å². The molecule has 6 heteroatoms. The van der Waals surface area contributed by atoms with Crippen LogP contribution in [-0.4, -0.2) is 23.5 Å². The number of amides is 1. The molecular formula is C16H12N2O3S. The zero-order chi connectivity index (χ0) is 15.5. The Bertz CT molecular complexity index is 844. The Morgan fingerprint density at radius 2 is 2.00 bits per heavy atom. The molecule has 3 rings (SSSR count). The number of aromatic nitrogens is 1. The number of benzene rings is 1. The molecule has 22 heavy (non-hydrogen) atoms. The summed E-state index contributed by atoms with van der Waals surface area (Å²) in [6, 6.07) is 12.8. The molecule has 1 aromatic carbocycles. The second-order valence-electron chi connectivity index (χ2n) is 4.59. The number of fused-ring (bicyclic) bond motifs is 1. The second kappa shape index (κ2) is 5.95. The Balaban J connectivity index is 2.10. The molecule has 0 radical (unpaired) electrons. The van der Waals surface area contributed by atoms with Gasteiger partial charge in [-0.05, 0) is 23.6 Å². The summed E-state index contributed by atoms with van der Waals surface area (Å²) in [6.07, 6.45) is 0. The number of carbonyl (C=O) groups excluding carboxylic acids is 2. The highest BCUT2D eigenvalue weighted by molar-refractivity contribution is 7.13. The molecule has 110 valence electrons. The maximum Gasteiger partial charge on any atom is 0.339 e. The molecule has 5 nitrogen and oxygen atoms in total. The Hall–Kier alpha value is -2.73. The number of hydrogen-bond acceptors (Lipinski definition) is 5. The van der Waals surface area contributed by atoms with Gasteiger partial charge in [-0.1, -0.05) is 24.3 Å². The van der Waals surface area contributed by atoms with Crippen LogP contribution in [0.1, 0.15) is 10.4 Å². The molecule has 2 aromatic heterocycles. The minimum atomic E-state index is -0.690. The first kappa shape index (κ1) is 14.2. The number of carbonyl (C=O) groups is 2. The molecule has 0 unspecified atom stereocenters. The predicted molar refractivity (Wildman–Crippen MR) is 84.5 cm³/mol. The monoisotopic (exact) mass is 312 g/mol. The lowest BCUT2D eigenvalue weighted by Crippen LogP contribution is -2.21. The molecular weight excluding hydrogens is 300 g/mol. The summed E-state index contributed by atoms with van der Waals surface area (Å²) >= 11 is 1.53. The fraction of sp³-hybridized carbons (Fsp3) is 0.0625. The van der Waals surface area contributed by atoms with Crippen molar-refractivity contribution in [3.8, 4) is 10.6 Å². The Kier molecular flexibility index (Phi) is 3.84. The molecule has 0 aliphatic carbocycles. The van der Waals surface area contributed by atoms with Gasteiger partial charge >= 0.3 is 5.97 Å². The van der Waals surface area contributed by atoms with E-state index in [0.29, 0.717) is 22.2 Å². The van der Waals surface area contributed by atoms with Crippen LogP contribution >= 0.6 is 11.3 Å². The first-order valence-corrected chi connectivity index (χ1v) is 7.42. The standard InChI is InChI=1S/C16H12N2O3S/c17-15(19)9-21-16(20)11-8-13(14-6-3-7-22-14)18-12-5-2-1-4-10(11)12/h1-8H,9H2,(H2,17,19). The lowest BCUT2D eigenvalue weighted by atomic mass is 10.1. The van der Waals surface area contributed by atoms with Crippen molar-refractivity contribution in [2.24, 2.45) is 5.73 Å². The maximum atomic E-state index is 12.2. The van der Waals surface area contributed by atoms with E-state index in [1.807, 2.05) is 35.7 Å². The first-order chi connectivity index (χ1) is 10.6. The van der Waals surface area contributed by atoms with E-state index in [0.717, 1.165) is 4.88 Å². The molecule has 2 N–H and O–H groups in total. The van der Waals surface area contributed by atoms with Gasteiger partial charge in [-0.15, -0.1) is 11.3 Å². The molecule has 0 atom stereocenters. The number of nitrogens with zero attached hydrogens (tertiary/aromatic N) is 1. The average Bonchev–Trinajstić information content (AvgIpc) is 3.06. The Morgan fingerprint density at radius 1 is 1.18 bits per heavy atom. The van der Waals surface area contributed by atoms with Gasteiger partial charge in [-0.2, -0.15) is 0 Å². The van der Waals surface area contributed by atoms with Gasteiger partial charge in [0.2, 0.25) is 0 Å². The van der Waals surface area contributed by atoms with Crippen molar-refractivity contribution in [1.29, 1.82) is 0 Å². The van der Waals surface area contributed by atoms with Crippen molar-refractivity contribution < 1.29 is 14.3 Å². The summed E-state index contributed by atoms with van der Waals surface area (Å²) in [5.41, 5.74) is 6.77. The van der Waals surface area contributed by atoms with E-state index in [1.54, 1.807) is 12.1 Å². The van der Waals surface area contributed by atoms with E-state index in [1.165, 1.54) is 11.3 Å². The summed E-state index contributed by atoms with van der Waals surface area (Å²) < 4.78 is 4.93. The molecule has 0 aliphatic rings. The number of nitrogens with two attached hydrogens (primary N) is 1. The predicted octanol–water partition coefficient (Wildman–Crippen LogP) is 2.61. The molecule has 0 bridgehead atoms. The number of para-hydroxylation sites is 1. The second-order valence-corrected chi connectivity index (χ2v) is 5.54. The number of rotatable bonds is 4. The molecule has 0 saturated heterocycles. The van der Waals surface area contributed by atoms with Gasteiger partial charge in [0.25, 0.3) is 5.91 Å². The van der Waals surface area contributed by atoms with E-state index in [-0.39, 0.29) is 0 Å². The summed E-state index contributed by atoms with van der Waals surface area (Å²) in [7, 11) is 0. The lowest BCUT2D eigenvalue weighted by molar-refractivity contribution is -0.121. The van der Waals surface area contributed by atoms with E-state index in [2.05, 4.69) is 4.98 Å². The molecule has 3 aromatic rings. The highest BCUT2D eigenvalue weighted by Gasteiger charge is 2.16. The van der Waals surface area contributed by atoms with E-state index < -0.39 is 18.5 Å². The van der Waals surface area contributed by atoms with E-state index >= 15 is 0 Å². The molecule has 2 heterocycles. The third-order valence-corrected chi connectivity index (χ3v) is 3.95. The molecule has 1 amide bonds. The van der Waals surface area contributed by atoms with Crippen molar-refractivity contribution >= 4 is 34.1 Å². The van der Waals surface area contributed by atoms with Crippen molar-refractivity contribution in [3.05, 3.63) is 53.4 Å². The van der Waals surface area contributed by atoms with Gasteiger partial charge in [0, 0.05) is 5.39 Å². The van der Waals surface area contributed by atoms with Crippen LogP contribution in [0.2, 0.25) is 0 Å². The Morgan fingerprint density at radius 3 is 2.73 bits per heavy atom. The molecule has 0 saturated carbocycles. The third-order valence-electron chi connectivity index (χ3n) is 3.06. The first-order valence-electron chi connectivity index (χ1n) is 6.54. The van der Waals surface area contributed by atoms with Gasteiger partial charge in [0.15, 0.2) is 6.61 Å². The van der Waals surface area contributed by atoms with Crippen LogP contribution in [0.25, 0.3) is 21.5 Å². The highest BCUT2D eigenvalue weighted by Crippen LogP contribution is 2.28. The van der Waals surface area contributed by atoms with Crippen molar-refractivity contribution in [3.63, 3.8) is 0 Å². The van der Waals surface area contributed by atoms with Crippen molar-refractivity contribution in [2.45, 2.75) is 0 Å². The average molecular weight is 312 g/mol. The van der Waals surface area contributed by atoms with Crippen LogP contribution in [0.15, 0.2) is 47.8 Å². The molecule has 0 fully saturated rings. The minimum Gasteiger partial charge on any atom is -0.452 e. The van der Waals surface area contributed by atoms with Crippen LogP contribution < -0.4 is 5.73 Å². The summed E-state index contributed by atoms with van der Waals surface area (Å²) in [5, 5.41) is 2.62. The summed E-state index contributed by atoms with van der Waals surface area (Å²) in [5.74, 6) is -1.28. The van der Waals surface area contributed by atoms with Gasteiger partial charge in [-0.25, -0.2) is 9.78 Å². The van der Waals surface area contributed by atoms with Crippen LogP contribution in [-0.2, 0) is 9.53 Å². The van der Waals surface area contributed by atoms with E-state index in [9.17, 15) is 9.59 Å². The number of pyridine rings is 1. The number of hydrogen-bond donors (Lipinski definition) is 1. The largest absolute Gasteiger partial charge is 0.452 e.